The number of carbonyl (C=O) groups is 2. The molecule has 1 fully saturated rings. The van der Waals surface area contributed by atoms with Gasteiger partial charge in [-0.3, -0.25) is 14.7 Å². The number of carbonyl (C=O) groups excluding carboxylic acids is 1. The molecule has 1 atom stereocenters. The minimum Gasteiger partial charge on any atom is -0.478 e. The lowest BCUT2D eigenvalue weighted by Gasteiger charge is -2.17. The van der Waals surface area contributed by atoms with Crippen molar-refractivity contribution in [1.82, 2.24) is 25.2 Å². The predicted molar refractivity (Wildman–Crippen MR) is 151 cm³/mol. The van der Waals surface area contributed by atoms with Crippen molar-refractivity contribution >= 4 is 34.2 Å². The summed E-state index contributed by atoms with van der Waals surface area (Å²) in [4.78, 5) is 40.6. The van der Waals surface area contributed by atoms with Crippen molar-refractivity contribution < 1.29 is 14.7 Å². The quantitative estimate of drug-likeness (QED) is 0.298. The fourth-order valence-corrected chi connectivity index (χ4v) is 5.41. The molecule has 9 heteroatoms. The molecule has 1 aliphatic heterocycles. The molecule has 194 valence electrons. The van der Waals surface area contributed by atoms with Gasteiger partial charge < -0.3 is 10.4 Å². The van der Waals surface area contributed by atoms with Crippen molar-refractivity contribution in [3.8, 4) is 22.5 Å². The van der Waals surface area contributed by atoms with Crippen molar-refractivity contribution in [2.75, 3.05) is 13.1 Å². The molecule has 1 saturated heterocycles. The zero-order valence-corrected chi connectivity index (χ0v) is 21.8. The van der Waals surface area contributed by atoms with Crippen molar-refractivity contribution in [3.63, 3.8) is 0 Å². The second kappa shape index (κ2) is 10.7. The highest BCUT2D eigenvalue weighted by molar-refractivity contribution is 7.11. The zero-order valence-electron chi connectivity index (χ0n) is 20.9. The summed E-state index contributed by atoms with van der Waals surface area (Å²) in [5, 5.41) is 12.6. The van der Waals surface area contributed by atoms with E-state index in [9.17, 15) is 14.7 Å². The van der Waals surface area contributed by atoms with Crippen molar-refractivity contribution in [2.24, 2.45) is 0 Å². The number of thiazole rings is 1. The van der Waals surface area contributed by atoms with Crippen LogP contribution in [0.5, 0.6) is 0 Å². The summed E-state index contributed by atoms with van der Waals surface area (Å²) in [6.45, 7) is 2.49. The molecule has 0 unspecified atom stereocenters. The maximum atomic E-state index is 12.4. The number of nitrogens with zero attached hydrogens (tertiary/aromatic N) is 4. The Morgan fingerprint density at radius 1 is 0.949 bits per heavy atom. The summed E-state index contributed by atoms with van der Waals surface area (Å²) in [5.41, 5.74) is 7.49. The van der Waals surface area contributed by atoms with Crippen LogP contribution in [0.3, 0.4) is 0 Å². The standard InChI is InChI=1S/C30H25N5O3S/c36-29(26-15-31-18-39-26)32-23-12-13-35(17-23)16-19-6-8-21(9-7-19)28-27(20-4-2-1-3-5-20)33-24-11-10-22(30(37)38)14-25(24)34-28/h1-11,14-15,18,23H,12-13,16-17H2,(H,32,36)(H,37,38)/t23-/m1/s1. The molecule has 3 heterocycles. The minimum atomic E-state index is -0.996. The molecule has 6 rings (SSSR count). The van der Waals surface area contributed by atoms with Gasteiger partial charge in [-0.25, -0.2) is 14.8 Å². The Bertz CT molecular complexity index is 1640. The molecule has 2 aromatic heterocycles. The molecule has 1 aliphatic rings. The molecule has 2 N–H and O–H groups in total. The highest BCUT2D eigenvalue weighted by Gasteiger charge is 2.25. The Morgan fingerprint density at radius 2 is 1.69 bits per heavy atom. The van der Waals surface area contributed by atoms with Gasteiger partial charge in [0.25, 0.3) is 5.91 Å². The number of hydrogen-bond acceptors (Lipinski definition) is 7. The number of aromatic carboxylic acids is 1. The first-order valence-corrected chi connectivity index (χ1v) is 13.5. The van der Waals surface area contributed by atoms with E-state index in [0.29, 0.717) is 21.6 Å². The van der Waals surface area contributed by atoms with Crippen molar-refractivity contribution in [2.45, 2.75) is 19.0 Å². The van der Waals surface area contributed by atoms with Crippen LogP contribution < -0.4 is 5.32 Å². The summed E-state index contributed by atoms with van der Waals surface area (Å²) in [6.07, 6.45) is 2.51. The summed E-state index contributed by atoms with van der Waals surface area (Å²) in [7, 11) is 0. The van der Waals surface area contributed by atoms with E-state index >= 15 is 0 Å². The first-order valence-electron chi connectivity index (χ1n) is 12.6. The van der Waals surface area contributed by atoms with Gasteiger partial charge in [0.1, 0.15) is 4.88 Å². The second-order valence-corrected chi connectivity index (χ2v) is 10.4. The topological polar surface area (TPSA) is 108 Å². The van der Waals surface area contributed by atoms with Crippen LogP contribution >= 0.6 is 11.3 Å². The SMILES string of the molecule is O=C(O)c1ccc2nc(-c3ccccc3)c(-c3ccc(CN4CC[C@@H](NC(=O)c5cncs5)C4)cc3)nc2c1. The predicted octanol–water partition coefficient (Wildman–Crippen LogP) is 5.12. The summed E-state index contributed by atoms with van der Waals surface area (Å²) < 4.78 is 0. The molecule has 39 heavy (non-hydrogen) atoms. The van der Waals surface area contributed by atoms with Crippen molar-refractivity contribution in [1.29, 1.82) is 0 Å². The van der Waals surface area contributed by atoms with Crippen LogP contribution in [0.1, 0.15) is 32.0 Å². The number of benzene rings is 3. The third-order valence-corrected chi connectivity index (χ3v) is 7.63. The average Bonchev–Trinajstić information content (AvgIpc) is 3.66. The number of likely N-dealkylation sites (tertiary alicyclic amines) is 1. The number of carboxylic acid groups (broad SMARTS) is 1. The normalized spacial score (nSPS) is 15.4. The van der Waals surface area contributed by atoms with Gasteiger partial charge in [0.2, 0.25) is 0 Å². The fourth-order valence-electron chi connectivity index (χ4n) is 4.89. The van der Waals surface area contributed by atoms with E-state index in [1.54, 1.807) is 29.9 Å². The van der Waals surface area contributed by atoms with Crippen LogP contribution in [0, 0.1) is 0 Å². The lowest BCUT2D eigenvalue weighted by atomic mass is 10.0. The molecular formula is C30H25N5O3S. The third kappa shape index (κ3) is 5.41. The van der Waals surface area contributed by atoms with E-state index in [1.165, 1.54) is 11.3 Å². The number of aromatic nitrogens is 3. The van der Waals surface area contributed by atoms with E-state index in [0.717, 1.165) is 48.4 Å². The minimum absolute atomic E-state index is 0.0603. The molecule has 0 saturated carbocycles. The Balaban J connectivity index is 1.23. The van der Waals surface area contributed by atoms with E-state index in [4.69, 9.17) is 9.97 Å². The van der Waals surface area contributed by atoms with Gasteiger partial charge in [0.05, 0.1) is 39.7 Å². The van der Waals surface area contributed by atoms with Gasteiger partial charge in [-0.05, 0) is 30.2 Å². The Labute approximate surface area is 229 Å². The van der Waals surface area contributed by atoms with Gasteiger partial charge in [-0.1, -0.05) is 54.6 Å². The molecule has 0 radical (unpaired) electrons. The van der Waals surface area contributed by atoms with E-state index in [1.807, 2.05) is 42.5 Å². The molecule has 1 amide bonds. The first kappa shape index (κ1) is 24.8. The number of amides is 1. The molecule has 8 nitrogen and oxygen atoms in total. The summed E-state index contributed by atoms with van der Waals surface area (Å²) in [6, 6.07) is 23.1. The van der Waals surface area contributed by atoms with Gasteiger partial charge in [-0.2, -0.15) is 0 Å². The largest absolute Gasteiger partial charge is 0.478 e. The monoisotopic (exact) mass is 535 g/mol. The number of carboxylic acids is 1. The van der Waals surface area contributed by atoms with Crippen molar-refractivity contribution in [3.05, 3.63) is 101 Å². The lowest BCUT2D eigenvalue weighted by molar-refractivity contribution is 0.0696. The molecule has 5 aromatic rings. The highest BCUT2D eigenvalue weighted by atomic mass is 32.1. The molecule has 3 aromatic carbocycles. The third-order valence-electron chi connectivity index (χ3n) is 6.86. The van der Waals surface area contributed by atoms with Crippen LogP contribution in [0.2, 0.25) is 0 Å². The number of rotatable bonds is 7. The van der Waals surface area contributed by atoms with E-state index < -0.39 is 5.97 Å². The maximum absolute atomic E-state index is 12.4. The Hall–Kier alpha value is -4.47. The molecule has 0 aliphatic carbocycles. The second-order valence-electron chi connectivity index (χ2n) is 9.55. The van der Waals surface area contributed by atoms with Crippen LogP contribution in [0.15, 0.2) is 84.5 Å². The number of nitrogens with one attached hydrogen (secondary N) is 1. The molecular weight excluding hydrogens is 510 g/mol. The zero-order chi connectivity index (χ0) is 26.8. The fraction of sp³-hybridized carbons (Fsp3) is 0.167. The Kier molecular flexibility index (Phi) is 6.83. The molecule has 0 spiro atoms. The maximum Gasteiger partial charge on any atom is 0.335 e. The average molecular weight is 536 g/mol. The van der Waals surface area contributed by atoms with Crippen LogP contribution in [-0.4, -0.2) is 56.0 Å². The first-order chi connectivity index (χ1) is 19.0. The van der Waals surface area contributed by atoms with Gasteiger partial charge in [-0.15, -0.1) is 11.3 Å². The van der Waals surface area contributed by atoms with Crippen LogP contribution in [-0.2, 0) is 6.54 Å². The van der Waals surface area contributed by atoms with Gasteiger partial charge >= 0.3 is 5.97 Å². The lowest BCUT2D eigenvalue weighted by Crippen LogP contribution is -2.36. The number of hydrogen-bond donors (Lipinski definition) is 2. The van der Waals surface area contributed by atoms with Gasteiger partial charge in [0.15, 0.2) is 0 Å². The smallest absolute Gasteiger partial charge is 0.335 e. The molecule has 0 bridgehead atoms. The van der Waals surface area contributed by atoms with Crippen LogP contribution in [0.4, 0.5) is 0 Å². The van der Waals surface area contributed by atoms with Gasteiger partial charge in [0, 0.05) is 36.8 Å². The van der Waals surface area contributed by atoms with E-state index in [2.05, 4.69) is 27.3 Å². The van der Waals surface area contributed by atoms with E-state index in [-0.39, 0.29) is 17.5 Å². The number of fused-ring (bicyclic) bond motifs is 1. The highest BCUT2D eigenvalue weighted by Crippen LogP contribution is 2.31. The summed E-state index contributed by atoms with van der Waals surface area (Å²) in [5.74, 6) is -1.06. The van der Waals surface area contributed by atoms with Crippen LogP contribution in [0.25, 0.3) is 33.5 Å². The Morgan fingerprint density at radius 3 is 2.41 bits per heavy atom. The summed E-state index contributed by atoms with van der Waals surface area (Å²) >= 11 is 1.35.